The lowest BCUT2D eigenvalue weighted by Crippen LogP contribution is -2.28. The van der Waals surface area contributed by atoms with Crippen LogP contribution in [0.5, 0.6) is 0 Å². The van der Waals surface area contributed by atoms with Crippen molar-refractivity contribution in [3.63, 3.8) is 0 Å². The van der Waals surface area contributed by atoms with Crippen LogP contribution in [0.4, 0.5) is 5.13 Å². The molecule has 3 atom stereocenters. The van der Waals surface area contributed by atoms with E-state index in [1.54, 1.807) is 11.3 Å². The van der Waals surface area contributed by atoms with Crippen LogP contribution in [0.3, 0.4) is 0 Å². The molecule has 2 aliphatic rings. The van der Waals surface area contributed by atoms with E-state index in [0.717, 1.165) is 30.8 Å². The summed E-state index contributed by atoms with van der Waals surface area (Å²) in [4.78, 5) is 7.16. The van der Waals surface area contributed by atoms with Crippen LogP contribution in [0, 0.1) is 17.8 Å². The van der Waals surface area contributed by atoms with Gasteiger partial charge in [0.25, 0.3) is 0 Å². The monoisotopic (exact) mass is 293 g/mol. The van der Waals surface area contributed by atoms with Crippen molar-refractivity contribution in [3.05, 3.63) is 11.1 Å². The average molecular weight is 293 g/mol. The van der Waals surface area contributed by atoms with E-state index in [0.29, 0.717) is 0 Å². The number of rotatable bonds is 7. The van der Waals surface area contributed by atoms with E-state index in [1.807, 2.05) is 0 Å². The first-order valence-corrected chi connectivity index (χ1v) is 9.00. The molecule has 0 aliphatic heterocycles. The van der Waals surface area contributed by atoms with Gasteiger partial charge in [-0.15, -0.1) is 11.3 Å². The Labute approximate surface area is 126 Å². The van der Waals surface area contributed by atoms with Gasteiger partial charge in [0.1, 0.15) is 0 Å². The van der Waals surface area contributed by atoms with Crippen molar-refractivity contribution in [2.45, 2.75) is 45.6 Å². The molecule has 0 radical (unpaired) electrons. The van der Waals surface area contributed by atoms with Crippen LogP contribution in [-0.4, -0.2) is 25.1 Å². The molecule has 2 bridgehead atoms. The van der Waals surface area contributed by atoms with E-state index >= 15 is 0 Å². The van der Waals surface area contributed by atoms with Crippen molar-refractivity contribution >= 4 is 16.5 Å². The highest BCUT2D eigenvalue weighted by atomic mass is 32.1. The summed E-state index contributed by atoms with van der Waals surface area (Å²) in [5.41, 5.74) is 1.19. The van der Waals surface area contributed by atoms with Crippen LogP contribution in [0.1, 0.15) is 44.7 Å². The minimum Gasteiger partial charge on any atom is -0.351 e. The SMILES string of the molecule is CCCNCc1csc(N(C)CC2CC3CCC2C3)n1. The summed E-state index contributed by atoms with van der Waals surface area (Å²) in [6.45, 7) is 5.39. The van der Waals surface area contributed by atoms with Gasteiger partial charge >= 0.3 is 0 Å². The standard InChI is InChI=1S/C16H27N3S/c1-3-6-17-9-15-11-20-16(18-15)19(2)10-14-8-12-4-5-13(14)7-12/h11-14,17H,3-10H2,1-2H3. The number of nitrogens with one attached hydrogen (secondary N) is 1. The topological polar surface area (TPSA) is 28.2 Å². The Morgan fingerprint density at radius 3 is 3.00 bits per heavy atom. The highest BCUT2D eigenvalue weighted by Crippen LogP contribution is 2.48. The lowest BCUT2D eigenvalue weighted by Gasteiger charge is -2.26. The van der Waals surface area contributed by atoms with Gasteiger partial charge in [-0.25, -0.2) is 4.98 Å². The third-order valence-corrected chi connectivity index (χ3v) is 6.00. The van der Waals surface area contributed by atoms with Crippen LogP contribution in [0.15, 0.2) is 5.38 Å². The molecular weight excluding hydrogens is 266 g/mol. The van der Waals surface area contributed by atoms with E-state index in [-0.39, 0.29) is 0 Å². The summed E-state index contributed by atoms with van der Waals surface area (Å²) in [6, 6.07) is 0. The third kappa shape index (κ3) is 3.17. The van der Waals surface area contributed by atoms with Gasteiger partial charge in [0.15, 0.2) is 5.13 Å². The van der Waals surface area contributed by atoms with Crippen molar-refractivity contribution in [2.75, 3.05) is 25.0 Å². The Balaban J connectivity index is 1.50. The second kappa shape index (κ2) is 6.44. The quantitative estimate of drug-likeness (QED) is 0.780. The average Bonchev–Trinajstić information content (AvgIpc) is 3.14. The Kier molecular flexibility index (Phi) is 4.61. The van der Waals surface area contributed by atoms with Crippen LogP contribution in [0.25, 0.3) is 0 Å². The molecule has 112 valence electrons. The molecule has 0 saturated heterocycles. The summed E-state index contributed by atoms with van der Waals surface area (Å²) in [5.74, 6) is 2.97. The smallest absolute Gasteiger partial charge is 0.185 e. The number of thiazole rings is 1. The zero-order valence-corrected chi connectivity index (χ0v) is 13.6. The highest BCUT2D eigenvalue weighted by molar-refractivity contribution is 7.13. The first-order valence-electron chi connectivity index (χ1n) is 8.12. The molecule has 0 aromatic carbocycles. The Morgan fingerprint density at radius 2 is 2.30 bits per heavy atom. The molecule has 1 N–H and O–H groups in total. The largest absolute Gasteiger partial charge is 0.351 e. The van der Waals surface area contributed by atoms with E-state index in [9.17, 15) is 0 Å². The molecule has 2 aliphatic carbocycles. The Hall–Kier alpha value is -0.610. The lowest BCUT2D eigenvalue weighted by atomic mass is 9.88. The fourth-order valence-electron chi connectivity index (χ4n) is 3.98. The number of anilines is 1. The second-order valence-corrected chi connectivity index (χ2v) is 7.45. The minimum atomic E-state index is 0.909. The zero-order valence-electron chi connectivity index (χ0n) is 12.8. The normalized spacial score (nSPS) is 28.2. The molecular formula is C16H27N3S. The first-order chi connectivity index (χ1) is 9.76. The predicted molar refractivity (Wildman–Crippen MR) is 86.3 cm³/mol. The number of nitrogens with zero attached hydrogens (tertiary/aromatic N) is 2. The highest BCUT2D eigenvalue weighted by Gasteiger charge is 2.39. The molecule has 0 spiro atoms. The molecule has 0 amide bonds. The zero-order chi connectivity index (χ0) is 13.9. The Bertz CT molecular complexity index is 431. The second-order valence-electron chi connectivity index (χ2n) is 6.61. The summed E-state index contributed by atoms with van der Waals surface area (Å²) < 4.78 is 0. The molecule has 4 heteroatoms. The van der Waals surface area contributed by atoms with Crippen LogP contribution >= 0.6 is 11.3 Å². The van der Waals surface area contributed by atoms with Gasteiger partial charge in [0, 0.05) is 25.5 Å². The van der Waals surface area contributed by atoms with E-state index in [2.05, 4.69) is 29.6 Å². The lowest BCUT2D eigenvalue weighted by molar-refractivity contribution is 0.337. The van der Waals surface area contributed by atoms with E-state index < -0.39 is 0 Å². The maximum atomic E-state index is 4.77. The summed E-state index contributed by atoms with van der Waals surface area (Å²) in [5, 5.41) is 6.82. The van der Waals surface area contributed by atoms with E-state index in [1.165, 1.54) is 49.5 Å². The van der Waals surface area contributed by atoms with Gasteiger partial charge < -0.3 is 10.2 Å². The van der Waals surface area contributed by atoms with Crippen molar-refractivity contribution in [3.8, 4) is 0 Å². The molecule has 2 fully saturated rings. The molecule has 20 heavy (non-hydrogen) atoms. The number of fused-ring (bicyclic) bond motifs is 2. The van der Waals surface area contributed by atoms with Crippen molar-refractivity contribution < 1.29 is 0 Å². The fraction of sp³-hybridized carbons (Fsp3) is 0.812. The summed E-state index contributed by atoms with van der Waals surface area (Å²) in [7, 11) is 2.22. The van der Waals surface area contributed by atoms with Gasteiger partial charge in [0.2, 0.25) is 0 Å². The minimum absolute atomic E-state index is 0.909. The number of hydrogen-bond donors (Lipinski definition) is 1. The maximum Gasteiger partial charge on any atom is 0.185 e. The molecule has 3 rings (SSSR count). The van der Waals surface area contributed by atoms with Gasteiger partial charge in [-0.1, -0.05) is 13.3 Å². The van der Waals surface area contributed by atoms with Gasteiger partial charge in [-0.2, -0.15) is 0 Å². The molecule has 2 saturated carbocycles. The van der Waals surface area contributed by atoms with Crippen LogP contribution < -0.4 is 10.2 Å². The summed E-state index contributed by atoms with van der Waals surface area (Å²) in [6.07, 6.45) is 7.12. The van der Waals surface area contributed by atoms with Gasteiger partial charge in [0.05, 0.1) is 5.69 Å². The van der Waals surface area contributed by atoms with Gasteiger partial charge in [-0.05, 0) is 50.0 Å². The third-order valence-electron chi connectivity index (χ3n) is 4.99. The van der Waals surface area contributed by atoms with Crippen LogP contribution in [-0.2, 0) is 6.54 Å². The van der Waals surface area contributed by atoms with Crippen LogP contribution in [0.2, 0.25) is 0 Å². The molecule has 1 aromatic rings. The van der Waals surface area contributed by atoms with E-state index in [4.69, 9.17) is 4.98 Å². The number of hydrogen-bond acceptors (Lipinski definition) is 4. The molecule has 1 heterocycles. The Morgan fingerprint density at radius 1 is 1.40 bits per heavy atom. The molecule has 3 nitrogen and oxygen atoms in total. The maximum absolute atomic E-state index is 4.77. The summed E-state index contributed by atoms with van der Waals surface area (Å²) >= 11 is 1.79. The van der Waals surface area contributed by atoms with Gasteiger partial charge in [-0.3, -0.25) is 0 Å². The predicted octanol–water partition coefficient (Wildman–Crippen LogP) is 3.52. The van der Waals surface area contributed by atoms with Crippen molar-refractivity contribution in [1.82, 2.24) is 10.3 Å². The molecule has 1 aromatic heterocycles. The van der Waals surface area contributed by atoms with Crippen molar-refractivity contribution in [1.29, 1.82) is 0 Å². The molecule has 3 unspecified atom stereocenters. The number of aromatic nitrogens is 1. The first kappa shape index (κ1) is 14.3. The van der Waals surface area contributed by atoms with Crippen molar-refractivity contribution in [2.24, 2.45) is 17.8 Å². The fourth-order valence-corrected chi connectivity index (χ4v) is 4.78.